The quantitative estimate of drug-likeness (QED) is 0.425. The Morgan fingerprint density at radius 2 is 2.07 bits per heavy atom. The van der Waals surface area contributed by atoms with Crippen molar-refractivity contribution in [3.63, 3.8) is 0 Å². The molecule has 0 saturated heterocycles. The Labute approximate surface area is 156 Å². The average Bonchev–Trinajstić information content (AvgIpc) is 2.58. The number of sulfonamides is 1. The molecule has 0 amide bonds. The van der Waals surface area contributed by atoms with Crippen LogP contribution in [0.3, 0.4) is 0 Å². The predicted octanol–water partition coefficient (Wildman–Crippen LogP) is 1.41. The summed E-state index contributed by atoms with van der Waals surface area (Å²) in [6, 6.07) is 3.11. The van der Waals surface area contributed by atoms with Gasteiger partial charge in [-0.15, -0.1) is 0 Å². The van der Waals surface area contributed by atoms with Gasteiger partial charge in [0.15, 0.2) is 6.61 Å². The minimum atomic E-state index is -4.77. The third kappa shape index (κ3) is 5.52. The fourth-order valence-corrected chi connectivity index (χ4v) is 3.30. The SMILES string of the molecule is O=C(CNS(=O)(=O)c1cc(C(F)(F)F)ccc1Cl)OCc1nccc[n+]1[O-]. The second-order valence-corrected chi connectivity index (χ2v) is 7.13. The molecule has 1 N–H and O–H groups in total. The van der Waals surface area contributed by atoms with E-state index in [2.05, 4.69) is 9.72 Å². The van der Waals surface area contributed by atoms with E-state index in [0.29, 0.717) is 16.9 Å². The number of aromatic nitrogens is 2. The van der Waals surface area contributed by atoms with Gasteiger partial charge in [-0.3, -0.25) is 4.79 Å². The van der Waals surface area contributed by atoms with E-state index in [9.17, 15) is 31.6 Å². The first-order valence-electron chi connectivity index (χ1n) is 7.06. The summed E-state index contributed by atoms with van der Waals surface area (Å²) in [5, 5.41) is 10.9. The minimum absolute atomic E-state index is 0.144. The minimum Gasteiger partial charge on any atom is -0.711 e. The fraction of sp³-hybridized carbons (Fsp3) is 0.214. The molecule has 1 heterocycles. The highest BCUT2D eigenvalue weighted by Gasteiger charge is 2.32. The van der Waals surface area contributed by atoms with Crippen LogP contribution in [0, 0.1) is 5.21 Å². The lowest BCUT2D eigenvalue weighted by Gasteiger charge is -2.12. The number of hydrogen-bond donors (Lipinski definition) is 1. The van der Waals surface area contributed by atoms with Crippen LogP contribution in [0.2, 0.25) is 5.02 Å². The maximum Gasteiger partial charge on any atom is 0.416 e. The Morgan fingerprint density at radius 3 is 2.70 bits per heavy atom. The van der Waals surface area contributed by atoms with Gasteiger partial charge in [0.2, 0.25) is 10.0 Å². The molecule has 0 fully saturated rings. The van der Waals surface area contributed by atoms with Crippen LogP contribution in [0.15, 0.2) is 41.6 Å². The highest BCUT2D eigenvalue weighted by molar-refractivity contribution is 7.89. The molecule has 27 heavy (non-hydrogen) atoms. The number of halogens is 4. The maximum absolute atomic E-state index is 12.7. The molecule has 13 heteroatoms. The molecule has 0 unspecified atom stereocenters. The van der Waals surface area contributed by atoms with Gasteiger partial charge in [-0.05, 0) is 23.2 Å². The summed E-state index contributed by atoms with van der Waals surface area (Å²) in [5.41, 5.74) is -1.22. The van der Waals surface area contributed by atoms with Gasteiger partial charge in [0.25, 0.3) is 0 Å². The Bertz CT molecular complexity index is 953. The van der Waals surface area contributed by atoms with Crippen LogP contribution in [0.25, 0.3) is 0 Å². The largest absolute Gasteiger partial charge is 0.711 e. The highest BCUT2D eigenvalue weighted by atomic mass is 35.5. The maximum atomic E-state index is 12.7. The zero-order chi connectivity index (χ0) is 20.2. The first kappa shape index (κ1) is 20.9. The number of hydrogen-bond acceptors (Lipinski definition) is 6. The lowest BCUT2D eigenvalue weighted by Crippen LogP contribution is -2.35. The van der Waals surface area contributed by atoms with E-state index < -0.39 is 50.8 Å². The molecule has 146 valence electrons. The molecule has 0 bridgehead atoms. The van der Waals surface area contributed by atoms with Crippen molar-refractivity contribution in [1.29, 1.82) is 0 Å². The monoisotopic (exact) mass is 425 g/mol. The van der Waals surface area contributed by atoms with Crippen molar-refractivity contribution in [2.45, 2.75) is 17.7 Å². The van der Waals surface area contributed by atoms with Gasteiger partial charge >= 0.3 is 18.0 Å². The molecule has 0 atom stereocenters. The van der Waals surface area contributed by atoms with Crippen LogP contribution in [0.4, 0.5) is 13.2 Å². The van der Waals surface area contributed by atoms with E-state index in [1.165, 1.54) is 12.3 Å². The standard InChI is InChI=1S/C14H11ClF3N3O5S/c15-10-3-2-9(14(16,17)18)6-11(10)27(24,25)20-7-13(22)26-8-12-19-4-1-5-21(12)23/h1-6,20H,7-8H2. The summed E-state index contributed by atoms with van der Waals surface area (Å²) in [4.78, 5) is 14.4. The van der Waals surface area contributed by atoms with Crippen LogP contribution >= 0.6 is 11.6 Å². The Morgan fingerprint density at radius 1 is 1.37 bits per heavy atom. The smallest absolute Gasteiger partial charge is 0.416 e. The predicted molar refractivity (Wildman–Crippen MR) is 84.6 cm³/mol. The van der Waals surface area contributed by atoms with E-state index in [-0.39, 0.29) is 5.82 Å². The van der Waals surface area contributed by atoms with Gasteiger partial charge in [-0.25, -0.2) is 13.1 Å². The summed E-state index contributed by atoms with van der Waals surface area (Å²) >= 11 is 5.66. The van der Waals surface area contributed by atoms with Crippen LogP contribution in [0.5, 0.6) is 0 Å². The second-order valence-electron chi connectivity index (χ2n) is 4.99. The summed E-state index contributed by atoms with van der Waals surface area (Å²) in [6.07, 6.45) is -2.37. The number of carbonyl (C=O) groups excluding carboxylic acids is 1. The molecule has 0 spiro atoms. The normalized spacial score (nSPS) is 12.0. The van der Waals surface area contributed by atoms with Crippen molar-refractivity contribution in [2.75, 3.05) is 6.54 Å². The third-order valence-electron chi connectivity index (χ3n) is 3.10. The molecule has 0 aliphatic rings. The van der Waals surface area contributed by atoms with Gasteiger partial charge in [0.1, 0.15) is 17.6 Å². The van der Waals surface area contributed by atoms with E-state index in [1.807, 2.05) is 0 Å². The Hall–Kier alpha value is -2.44. The number of nitrogens with zero attached hydrogens (tertiary/aromatic N) is 2. The Kier molecular flexibility index (Phi) is 6.23. The van der Waals surface area contributed by atoms with Crippen molar-refractivity contribution in [3.05, 3.63) is 58.3 Å². The van der Waals surface area contributed by atoms with Crippen LogP contribution in [0.1, 0.15) is 11.4 Å². The van der Waals surface area contributed by atoms with Gasteiger partial charge < -0.3 is 9.94 Å². The van der Waals surface area contributed by atoms with Crippen molar-refractivity contribution >= 4 is 27.6 Å². The molecule has 1 aromatic heterocycles. The van der Waals surface area contributed by atoms with E-state index >= 15 is 0 Å². The highest BCUT2D eigenvalue weighted by Crippen LogP contribution is 2.33. The Balaban J connectivity index is 2.04. The lowest BCUT2D eigenvalue weighted by atomic mass is 10.2. The van der Waals surface area contributed by atoms with E-state index in [1.54, 1.807) is 4.72 Å². The number of ether oxygens (including phenoxy) is 1. The summed E-state index contributed by atoms with van der Waals surface area (Å²) in [7, 11) is -4.53. The molecule has 1 aromatic carbocycles. The van der Waals surface area contributed by atoms with Gasteiger partial charge in [-0.2, -0.15) is 17.9 Å². The molecule has 0 saturated carbocycles. The lowest BCUT2D eigenvalue weighted by molar-refractivity contribution is -0.620. The molecule has 8 nitrogen and oxygen atoms in total. The van der Waals surface area contributed by atoms with Crippen molar-refractivity contribution in [2.24, 2.45) is 0 Å². The molecular formula is C14H11ClF3N3O5S. The third-order valence-corrected chi connectivity index (χ3v) is 4.99. The fourth-order valence-electron chi connectivity index (χ4n) is 1.80. The number of benzene rings is 1. The first-order valence-corrected chi connectivity index (χ1v) is 8.92. The second kappa shape index (κ2) is 8.06. The van der Waals surface area contributed by atoms with Gasteiger partial charge in [-0.1, -0.05) is 11.6 Å². The zero-order valence-electron chi connectivity index (χ0n) is 13.2. The summed E-state index contributed by atoms with van der Waals surface area (Å²) < 4.78 is 69.3. The molecule has 0 aliphatic heterocycles. The van der Waals surface area contributed by atoms with Crippen LogP contribution < -0.4 is 9.45 Å². The summed E-state index contributed by atoms with van der Waals surface area (Å²) in [6.45, 7) is -1.41. The topological polar surface area (TPSA) is 112 Å². The first-order chi connectivity index (χ1) is 12.5. The van der Waals surface area contributed by atoms with Crippen molar-refractivity contribution in [1.82, 2.24) is 9.71 Å². The average molecular weight is 426 g/mol. The summed E-state index contributed by atoms with van der Waals surface area (Å²) in [5.74, 6) is -1.22. The van der Waals surface area contributed by atoms with Crippen molar-refractivity contribution < 1.29 is 35.9 Å². The molecule has 2 aromatic rings. The molecule has 2 rings (SSSR count). The number of esters is 1. The van der Waals surface area contributed by atoms with Crippen LogP contribution in [-0.2, 0) is 32.3 Å². The van der Waals surface area contributed by atoms with Gasteiger partial charge in [0, 0.05) is 6.07 Å². The van der Waals surface area contributed by atoms with Gasteiger partial charge in [0.05, 0.1) is 16.8 Å². The number of carbonyl (C=O) groups is 1. The van der Waals surface area contributed by atoms with Crippen LogP contribution in [-0.4, -0.2) is 25.9 Å². The molecular weight excluding hydrogens is 415 g/mol. The zero-order valence-corrected chi connectivity index (χ0v) is 14.8. The number of nitrogens with one attached hydrogen (secondary N) is 1. The van der Waals surface area contributed by atoms with Crippen molar-refractivity contribution in [3.8, 4) is 0 Å². The van der Waals surface area contributed by atoms with E-state index in [4.69, 9.17) is 11.6 Å². The number of alkyl halides is 3. The molecule has 0 radical (unpaired) electrons. The molecule has 0 aliphatic carbocycles. The number of rotatable bonds is 6. The van der Waals surface area contributed by atoms with E-state index in [0.717, 1.165) is 12.3 Å².